The maximum absolute atomic E-state index is 9.29. The monoisotopic (exact) mass is 256 g/mol. The molecule has 0 unspecified atom stereocenters. The van der Waals surface area contributed by atoms with Crippen LogP contribution < -0.4 is 0 Å². The Morgan fingerprint density at radius 1 is 1.41 bits per heavy atom. The first-order valence-corrected chi connectivity index (χ1v) is 6.34. The van der Waals surface area contributed by atoms with Crippen molar-refractivity contribution >= 4 is 11.6 Å². The molecule has 0 saturated carbocycles. The number of halogens is 1. The average molecular weight is 257 g/mol. The smallest absolute Gasteiger partial charge is 0.157 e. The largest absolute Gasteiger partial charge is 0.506 e. The van der Waals surface area contributed by atoms with Crippen molar-refractivity contribution in [1.29, 1.82) is 0 Å². The molecule has 94 valence electrons. The highest BCUT2D eigenvalue weighted by Crippen LogP contribution is 2.24. The van der Waals surface area contributed by atoms with Crippen LogP contribution in [0.15, 0.2) is 18.2 Å². The molecule has 1 aliphatic rings. The Hall–Kier alpha value is -0.770. The number of benzene rings is 1. The Labute approximate surface area is 106 Å². The number of phenols is 1. The molecule has 1 atom stereocenters. The standard InChI is InChI=1S/C13H17ClO3/c14-11-9-10(4-5-12(11)15)6-8-17-13-3-1-2-7-16-13/h4-5,9,13,15H,1-3,6-8H2/t13-/m0/s1. The molecular formula is C13H17ClO3. The number of aromatic hydroxyl groups is 1. The van der Waals surface area contributed by atoms with Gasteiger partial charge in [0, 0.05) is 6.61 Å². The Kier molecular flexibility index (Phi) is 4.66. The lowest BCUT2D eigenvalue weighted by atomic mass is 10.1. The second-order valence-corrected chi connectivity index (χ2v) is 4.61. The van der Waals surface area contributed by atoms with E-state index >= 15 is 0 Å². The van der Waals surface area contributed by atoms with E-state index < -0.39 is 0 Å². The van der Waals surface area contributed by atoms with E-state index in [-0.39, 0.29) is 12.0 Å². The molecule has 1 fully saturated rings. The molecule has 3 nitrogen and oxygen atoms in total. The van der Waals surface area contributed by atoms with E-state index in [9.17, 15) is 5.11 Å². The molecule has 2 rings (SSSR count). The Morgan fingerprint density at radius 2 is 2.29 bits per heavy atom. The van der Waals surface area contributed by atoms with Crippen LogP contribution in [0.2, 0.25) is 5.02 Å². The van der Waals surface area contributed by atoms with Gasteiger partial charge in [0.25, 0.3) is 0 Å². The van der Waals surface area contributed by atoms with Gasteiger partial charge in [-0.3, -0.25) is 0 Å². The van der Waals surface area contributed by atoms with Crippen molar-refractivity contribution in [3.63, 3.8) is 0 Å². The van der Waals surface area contributed by atoms with Crippen LogP contribution in [0.25, 0.3) is 0 Å². The second kappa shape index (κ2) is 6.24. The number of rotatable bonds is 4. The van der Waals surface area contributed by atoms with Crippen molar-refractivity contribution in [1.82, 2.24) is 0 Å². The summed E-state index contributed by atoms with van der Waals surface area (Å²) >= 11 is 5.83. The molecule has 1 aliphatic heterocycles. The highest BCUT2D eigenvalue weighted by atomic mass is 35.5. The number of phenolic OH excluding ortho intramolecular Hbond substituents is 1. The fourth-order valence-electron chi connectivity index (χ4n) is 1.86. The van der Waals surface area contributed by atoms with Crippen LogP contribution in [0.5, 0.6) is 5.75 Å². The molecule has 1 N–H and O–H groups in total. The summed E-state index contributed by atoms with van der Waals surface area (Å²) in [5.74, 6) is 0.118. The molecule has 1 heterocycles. The zero-order chi connectivity index (χ0) is 12.1. The number of hydrogen-bond acceptors (Lipinski definition) is 3. The van der Waals surface area contributed by atoms with Crippen molar-refractivity contribution in [2.24, 2.45) is 0 Å². The summed E-state index contributed by atoms with van der Waals surface area (Å²) in [6, 6.07) is 5.23. The van der Waals surface area contributed by atoms with Gasteiger partial charge in [-0.25, -0.2) is 0 Å². The first-order chi connectivity index (χ1) is 8.25. The second-order valence-electron chi connectivity index (χ2n) is 4.20. The van der Waals surface area contributed by atoms with Crippen LogP contribution in [0, 0.1) is 0 Å². The molecule has 1 aromatic carbocycles. The van der Waals surface area contributed by atoms with Crippen LogP contribution in [0.4, 0.5) is 0 Å². The van der Waals surface area contributed by atoms with E-state index in [0.29, 0.717) is 11.6 Å². The molecule has 0 spiro atoms. The Bertz CT molecular complexity index is 362. The molecule has 0 bridgehead atoms. The van der Waals surface area contributed by atoms with E-state index in [4.69, 9.17) is 21.1 Å². The molecule has 0 aliphatic carbocycles. The van der Waals surface area contributed by atoms with Gasteiger partial charge in [-0.15, -0.1) is 0 Å². The van der Waals surface area contributed by atoms with Crippen molar-refractivity contribution in [3.8, 4) is 5.75 Å². The average Bonchev–Trinajstić information content (AvgIpc) is 2.35. The summed E-state index contributed by atoms with van der Waals surface area (Å²) in [5.41, 5.74) is 1.06. The SMILES string of the molecule is Oc1ccc(CCO[C@H]2CCCCO2)cc1Cl. The summed E-state index contributed by atoms with van der Waals surface area (Å²) < 4.78 is 11.1. The van der Waals surface area contributed by atoms with E-state index in [1.165, 1.54) is 6.42 Å². The van der Waals surface area contributed by atoms with Crippen molar-refractivity contribution in [2.75, 3.05) is 13.2 Å². The van der Waals surface area contributed by atoms with Crippen molar-refractivity contribution in [2.45, 2.75) is 32.0 Å². The van der Waals surface area contributed by atoms with Gasteiger partial charge in [-0.2, -0.15) is 0 Å². The third-order valence-corrected chi connectivity index (χ3v) is 3.15. The fraction of sp³-hybridized carbons (Fsp3) is 0.538. The summed E-state index contributed by atoms with van der Waals surface area (Å²) in [5, 5.41) is 9.68. The van der Waals surface area contributed by atoms with Gasteiger partial charge in [0.2, 0.25) is 0 Å². The summed E-state index contributed by atoms with van der Waals surface area (Å²) in [6.45, 7) is 1.42. The van der Waals surface area contributed by atoms with Gasteiger partial charge in [-0.1, -0.05) is 17.7 Å². The number of ether oxygens (including phenoxy) is 2. The summed E-state index contributed by atoms with van der Waals surface area (Å²) in [6.07, 6.45) is 4.02. The zero-order valence-corrected chi connectivity index (χ0v) is 10.4. The minimum absolute atomic E-state index is 0.0451. The Balaban J connectivity index is 1.75. The van der Waals surface area contributed by atoms with Crippen LogP contribution in [0.3, 0.4) is 0 Å². The highest BCUT2D eigenvalue weighted by Gasteiger charge is 2.13. The van der Waals surface area contributed by atoms with Crippen molar-refractivity contribution < 1.29 is 14.6 Å². The fourth-order valence-corrected chi connectivity index (χ4v) is 2.06. The van der Waals surface area contributed by atoms with Gasteiger partial charge < -0.3 is 14.6 Å². The molecule has 4 heteroatoms. The predicted molar refractivity (Wildman–Crippen MR) is 66.4 cm³/mol. The highest BCUT2D eigenvalue weighted by molar-refractivity contribution is 6.32. The minimum Gasteiger partial charge on any atom is -0.506 e. The van der Waals surface area contributed by atoms with E-state index in [1.54, 1.807) is 12.1 Å². The van der Waals surface area contributed by atoms with E-state index in [0.717, 1.165) is 31.4 Å². The molecule has 17 heavy (non-hydrogen) atoms. The zero-order valence-electron chi connectivity index (χ0n) is 9.69. The van der Waals surface area contributed by atoms with Crippen LogP contribution in [-0.4, -0.2) is 24.6 Å². The molecule has 1 saturated heterocycles. The van der Waals surface area contributed by atoms with Crippen LogP contribution >= 0.6 is 11.6 Å². The lowest BCUT2D eigenvalue weighted by Crippen LogP contribution is -2.23. The topological polar surface area (TPSA) is 38.7 Å². The first-order valence-electron chi connectivity index (χ1n) is 5.96. The third kappa shape index (κ3) is 3.87. The van der Waals surface area contributed by atoms with E-state index in [1.807, 2.05) is 6.07 Å². The van der Waals surface area contributed by atoms with Crippen molar-refractivity contribution in [3.05, 3.63) is 28.8 Å². The normalized spacial score (nSPS) is 20.4. The van der Waals surface area contributed by atoms with Gasteiger partial charge >= 0.3 is 0 Å². The lowest BCUT2D eigenvalue weighted by Gasteiger charge is -2.22. The molecule has 1 aromatic rings. The molecule has 0 radical (unpaired) electrons. The van der Waals surface area contributed by atoms with E-state index in [2.05, 4.69) is 0 Å². The van der Waals surface area contributed by atoms with Gasteiger partial charge in [-0.05, 0) is 43.4 Å². The first kappa shape index (κ1) is 12.7. The molecule has 0 aromatic heterocycles. The van der Waals surface area contributed by atoms with Crippen LogP contribution in [0.1, 0.15) is 24.8 Å². The summed E-state index contributed by atoms with van der Waals surface area (Å²) in [7, 11) is 0. The lowest BCUT2D eigenvalue weighted by molar-refractivity contribution is -0.161. The van der Waals surface area contributed by atoms with Gasteiger partial charge in [0.1, 0.15) is 5.75 Å². The predicted octanol–water partition coefficient (Wildman–Crippen LogP) is 3.13. The quantitative estimate of drug-likeness (QED) is 0.900. The Morgan fingerprint density at radius 3 is 3.00 bits per heavy atom. The third-order valence-electron chi connectivity index (χ3n) is 2.84. The summed E-state index contributed by atoms with van der Waals surface area (Å²) in [4.78, 5) is 0. The maximum atomic E-state index is 9.29. The van der Waals surface area contributed by atoms with Gasteiger partial charge in [0.05, 0.1) is 11.6 Å². The molecular weight excluding hydrogens is 240 g/mol. The minimum atomic E-state index is -0.0451. The molecule has 0 amide bonds. The van der Waals surface area contributed by atoms with Crippen LogP contribution in [-0.2, 0) is 15.9 Å². The maximum Gasteiger partial charge on any atom is 0.157 e. The number of hydrogen-bond donors (Lipinski definition) is 1. The van der Waals surface area contributed by atoms with Gasteiger partial charge in [0.15, 0.2) is 6.29 Å².